The van der Waals surface area contributed by atoms with Crippen molar-refractivity contribution in [3.63, 3.8) is 0 Å². The molecule has 26 heavy (non-hydrogen) atoms. The molecule has 1 aromatic carbocycles. The van der Waals surface area contributed by atoms with E-state index >= 15 is 0 Å². The lowest BCUT2D eigenvalue weighted by Crippen LogP contribution is -2.36. The van der Waals surface area contributed by atoms with Crippen LogP contribution in [0.25, 0.3) is 0 Å². The van der Waals surface area contributed by atoms with Crippen molar-refractivity contribution < 1.29 is 0 Å². The van der Waals surface area contributed by atoms with Crippen molar-refractivity contribution in [3.8, 4) is 0 Å². The molecular formula is C19H24N6S. The number of nitrogens with one attached hydrogen (secondary N) is 2. The van der Waals surface area contributed by atoms with Crippen LogP contribution >= 0.6 is 11.3 Å². The van der Waals surface area contributed by atoms with Gasteiger partial charge in [-0.05, 0) is 25.0 Å². The summed E-state index contributed by atoms with van der Waals surface area (Å²) < 4.78 is 2.14. The molecule has 0 fully saturated rings. The molecule has 0 atom stereocenters. The van der Waals surface area contributed by atoms with Gasteiger partial charge in [-0.15, -0.1) is 11.3 Å². The van der Waals surface area contributed by atoms with Crippen LogP contribution < -0.4 is 10.6 Å². The number of aliphatic imine (C=N–C) groups is 1. The molecule has 3 rings (SSSR count). The molecule has 3 aromatic rings. The molecule has 0 aliphatic heterocycles. The SMILES string of the molecule is CN=C(NCc1cccc(Cn2ccnc2C)c1)NCc1ncc(C)s1. The second-order valence-electron chi connectivity index (χ2n) is 6.07. The quantitative estimate of drug-likeness (QED) is 0.519. The van der Waals surface area contributed by atoms with Crippen molar-refractivity contribution in [2.24, 2.45) is 4.99 Å². The highest BCUT2D eigenvalue weighted by Gasteiger charge is 2.03. The summed E-state index contributed by atoms with van der Waals surface area (Å²) in [6.45, 7) is 6.30. The van der Waals surface area contributed by atoms with Crippen LogP contribution in [-0.2, 0) is 19.6 Å². The molecule has 0 aliphatic carbocycles. The monoisotopic (exact) mass is 368 g/mol. The van der Waals surface area contributed by atoms with E-state index in [2.05, 4.69) is 61.4 Å². The fraction of sp³-hybridized carbons (Fsp3) is 0.316. The summed E-state index contributed by atoms with van der Waals surface area (Å²) in [5.74, 6) is 1.80. The van der Waals surface area contributed by atoms with Crippen molar-refractivity contribution in [2.75, 3.05) is 7.05 Å². The molecule has 7 heteroatoms. The zero-order valence-corrected chi connectivity index (χ0v) is 16.2. The zero-order chi connectivity index (χ0) is 18.4. The second-order valence-corrected chi connectivity index (χ2v) is 7.39. The minimum atomic E-state index is 0.679. The Labute approximate surface area is 158 Å². The van der Waals surface area contributed by atoms with E-state index in [9.17, 15) is 0 Å². The van der Waals surface area contributed by atoms with Crippen molar-refractivity contribution in [3.05, 3.63) is 69.7 Å². The van der Waals surface area contributed by atoms with Gasteiger partial charge in [-0.25, -0.2) is 9.97 Å². The molecule has 0 unspecified atom stereocenters. The van der Waals surface area contributed by atoms with Gasteiger partial charge in [-0.2, -0.15) is 0 Å². The lowest BCUT2D eigenvalue weighted by atomic mass is 10.1. The number of guanidine groups is 1. The number of aromatic nitrogens is 3. The Bertz CT molecular complexity index is 880. The topological polar surface area (TPSA) is 67.1 Å². The predicted molar refractivity (Wildman–Crippen MR) is 106 cm³/mol. The first-order valence-electron chi connectivity index (χ1n) is 8.55. The number of nitrogens with zero attached hydrogens (tertiary/aromatic N) is 4. The van der Waals surface area contributed by atoms with Crippen LogP contribution in [0.2, 0.25) is 0 Å². The van der Waals surface area contributed by atoms with E-state index in [1.165, 1.54) is 16.0 Å². The summed E-state index contributed by atoms with van der Waals surface area (Å²) in [6, 6.07) is 8.56. The van der Waals surface area contributed by atoms with Gasteiger partial charge in [0.05, 0.1) is 6.54 Å². The second kappa shape index (κ2) is 8.62. The molecule has 6 nitrogen and oxygen atoms in total. The van der Waals surface area contributed by atoms with E-state index in [4.69, 9.17) is 0 Å². The number of aryl methyl sites for hydroxylation is 2. The normalized spacial score (nSPS) is 11.6. The van der Waals surface area contributed by atoms with Gasteiger partial charge in [0.25, 0.3) is 0 Å². The van der Waals surface area contributed by atoms with Gasteiger partial charge < -0.3 is 15.2 Å². The van der Waals surface area contributed by atoms with Crippen molar-refractivity contribution >= 4 is 17.3 Å². The molecule has 0 saturated carbocycles. The van der Waals surface area contributed by atoms with Gasteiger partial charge in [-0.3, -0.25) is 4.99 Å². The van der Waals surface area contributed by atoms with Crippen LogP contribution in [0.1, 0.15) is 26.8 Å². The van der Waals surface area contributed by atoms with E-state index in [-0.39, 0.29) is 0 Å². The number of thiazole rings is 1. The Hall–Kier alpha value is -2.67. The van der Waals surface area contributed by atoms with Gasteiger partial charge in [-0.1, -0.05) is 24.3 Å². The molecule has 0 amide bonds. The lowest BCUT2D eigenvalue weighted by molar-refractivity contribution is 0.757. The molecule has 0 radical (unpaired) electrons. The average molecular weight is 369 g/mol. The van der Waals surface area contributed by atoms with Crippen molar-refractivity contribution in [2.45, 2.75) is 33.5 Å². The van der Waals surface area contributed by atoms with E-state index in [0.29, 0.717) is 13.1 Å². The van der Waals surface area contributed by atoms with Gasteiger partial charge >= 0.3 is 0 Å². The number of rotatable bonds is 6. The van der Waals surface area contributed by atoms with Gasteiger partial charge in [0.2, 0.25) is 0 Å². The van der Waals surface area contributed by atoms with Crippen LogP contribution in [0.4, 0.5) is 0 Å². The minimum Gasteiger partial charge on any atom is -0.352 e. The molecule has 2 N–H and O–H groups in total. The first-order chi connectivity index (χ1) is 12.6. The highest BCUT2D eigenvalue weighted by Crippen LogP contribution is 2.11. The van der Waals surface area contributed by atoms with E-state index in [1.807, 2.05) is 25.5 Å². The van der Waals surface area contributed by atoms with E-state index < -0.39 is 0 Å². The minimum absolute atomic E-state index is 0.679. The third-order valence-electron chi connectivity index (χ3n) is 4.03. The summed E-state index contributed by atoms with van der Waals surface area (Å²) >= 11 is 1.70. The largest absolute Gasteiger partial charge is 0.352 e. The van der Waals surface area contributed by atoms with E-state index in [0.717, 1.165) is 23.3 Å². The Morgan fingerprint density at radius 2 is 1.96 bits per heavy atom. The Morgan fingerprint density at radius 1 is 1.15 bits per heavy atom. The molecule has 0 saturated heterocycles. The van der Waals surface area contributed by atoms with Crippen LogP contribution in [-0.4, -0.2) is 27.5 Å². The standard InChI is InChI=1S/C19H24N6S/c1-14-10-22-18(26-14)12-24-19(20-3)23-11-16-5-4-6-17(9-16)13-25-8-7-21-15(25)2/h4-10H,11-13H2,1-3H3,(H2,20,23,24). The fourth-order valence-electron chi connectivity index (χ4n) is 2.65. The van der Waals surface area contributed by atoms with Crippen LogP contribution in [0.3, 0.4) is 0 Å². The lowest BCUT2D eigenvalue weighted by Gasteiger charge is -2.12. The number of benzene rings is 1. The Balaban J connectivity index is 1.54. The molecule has 0 bridgehead atoms. The molecular weight excluding hydrogens is 344 g/mol. The van der Waals surface area contributed by atoms with E-state index in [1.54, 1.807) is 18.4 Å². The van der Waals surface area contributed by atoms with Gasteiger partial charge in [0, 0.05) is 43.6 Å². The number of hydrogen-bond donors (Lipinski definition) is 2. The van der Waals surface area contributed by atoms with Crippen molar-refractivity contribution in [1.82, 2.24) is 25.2 Å². The smallest absolute Gasteiger partial charge is 0.191 e. The summed E-state index contributed by atoms with van der Waals surface area (Å²) in [5.41, 5.74) is 2.47. The summed E-state index contributed by atoms with van der Waals surface area (Å²) in [7, 11) is 1.78. The average Bonchev–Trinajstić information content (AvgIpc) is 3.24. The van der Waals surface area contributed by atoms with Gasteiger partial charge in [0.15, 0.2) is 5.96 Å². The van der Waals surface area contributed by atoms with Crippen LogP contribution in [0, 0.1) is 13.8 Å². The molecule has 2 aromatic heterocycles. The number of hydrogen-bond acceptors (Lipinski definition) is 4. The Kier molecular flexibility index (Phi) is 6.01. The summed E-state index contributed by atoms with van der Waals surface area (Å²) in [5, 5.41) is 7.72. The third-order valence-corrected chi connectivity index (χ3v) is 4.94. The molecule has 0 spiro atoms. The van der Waals surface area contributed by atoms with Gasteiger partial charge in [0.1, 0.15) is 10.8 Å². The maximum absolute atomic E-state index is 4.36. The predicted octanol–water partition coefficient (Wildman–Crippen LogP) is 2.87. The third kappa shape index (κ3) is 4.92. The summed E-state index contributed by atoms with van der Waals surface area (Å²) in [6.07, 6.45) is 5.73. The first-order valence-corrected chi connectivity index (χ1v) is 9.37. The highest BCUT2D eigenvalue weighted by atomic mass is 32.1. The maximum atomic E-state index is 4.36. The van der Waals surface area contributed by atoms with Crippen LogP contribution in [0.5, 0.6) is 0 Å². The molecule has 0 aliphatic rings. The highest BCUT2D eigenvalue weighted by molar-refractivity contribution is 7.11. The fourth-order valence-corrected chi connectivity index (χ4v) is 3.38. The summed E-state index contributed by atoms with van der Waals surface area (Å²) in [4.78, 5) is 14.1. The molecule has 136 valence electrons. The Morgan fingerprint density at radius 3 is 2.65 bits per heavy atom. The maximum Gasteiger partial charge on any atom is 0.191 e. The van der Waals surface area contributed by atoms with Crippen LogP contribution in [0.15, 0.2) is 47.8 Å². The molecule has 2 heterocycles. The zero-order valence-electron chi connectivity index (χ0n) is 15.4. The van der Waals surface area contributed by atoms with Crippen molar-refractivity contribution in [1.29, 1.82) is 0 Å². The number of imidazole rings is 1. The first kappa shape index (κ1) is 18.1.